The zero-order chi connectivity index (χ0) is 14.9. The van der Waals surface area contributed by atoms with Crippen molar-refractivity contribution < 1.29 is 4.42 Å². The van der Waals surface area contributed by atoms with Gasteiger partial charge in [0.2, 0.25) is 4.96 Å². The van der Waals surface area contributed by atoms with Gasteiger partial charge >= 0.3 is 0 Å². The molecule has 4 rings (SSSR count). The molecule has 22 heavy (non-hydrogen) atoms. The van der Waals surface area contributed by atoms with Crippen molar-refractivity contribution in [3.63, 3.8) is 0 Å². The number of aromatic nitrogens is 4. The molecule has 0 amide bonds. The van der Waals surface area contributed by atoms with Gasteiger partial charge < -0.3 is 4.42 Å². The number of hydrogen-bond acceptors (Lipinski definition) is 5. The van der Waals surface area contributed by atoms with Crippen LogP contribution in [-0.4, -0.2) is 19.8 Å². The summed E-state index contributed by atoms with van der Waals surface area (Å²) < 4.78 is 7.15. The number of benzene rings is 1. The van der Waals surface area contributed by atoms with E-state index in [4.69, 9.17) is 4.42 Å². The van der Waals surface area contributed by atoms with Crippen LogP contribution in [-0.2, 0) is 12.8 Å². The Labute approximate surface area is 131 Å². The van der Waals surface area contributed by atoms with Gasteiger partial charge in [-0.05, 0) is 25.0 Å². The second kappa shape index (κ2) is 5.38. The van der Waals surface area contributed by atoms with Crippen molar-refractivity contribution in [1.82, 2.24) is 19.8 Å². The maximum absolute atomic E-state index is 5.34. The molecule has 0 N–H and O–H groups in total. The minimum atomic E-state index is 0.739. The fourth-order valence-electron chi connectivity index (χ4n) is 2.44. The van der Waals surface area contributed by atoms with Gasteiger partial charge in [0.15, 0.2) is 5.82 Å². The van der Waals surface area contributed by atoms with Gasteiger partial charge in [-0.2, -0.15) is 9.61 Å². The molecule has 0 bridgehead atoms. The first-order valence-electron chi connectivity index (χ1n) is 7.11. The van der Waals surface area contributed by atoms with Crippen molar-refractivity contribution in [2.75, 3.05) is 0 Å². The number of furan rings is 1. The minimum Gasteiger partial charge on any atom is -0.469 e. The molecule has 1 aromatic carbocycles. The Hall–Kier alpha value is -2.47. The van der Waals surface area contributed by atoms with Crippen molar-refractivity contribution in [1.29, 1.82) is 0 Å². The summed E-state index contributed by atoms with van der Waals surface area (Å²) in [6, 6.07) is 12.3. The predicted molar refractivity (Wildman–Crippen MR) is 84.9 cm³/mol. The van der Waals surface area contributed by atoms with Gasteiger partial charge in [0.05, 0.1) is 11.8 Å². The summed E-state index contributed by atoms with van der Waals surface area (Å²) in [5.74, 6) is 1.57. The Bertz CT molecular complexity index is 907. The van der Waals surface area contributed by atoms with Crippen LogP contribution in [0.3, 0.4) is 0 Å². The third kappa shape index (κ3) is 2.31. The van der Waals surface area contributed by atoms with Crippen molar-refractivity contribution in [2.45, 2.75) is 19.8 Å². The van der Waals surface area contributed by atoms with Gasteiger partial charge in [0.1, 0.15) is 10.8 Å². The van der Waals surface area contributed by atoms with E-state index >= 15 is 0 Å². The smallest absolute Gasteiger partial charge is 0.234 e. The lowest BCUT2D eigenvalue weighted by Gasteiger charge is -1.97. The van der Waals surface area contributed by atoms with Gasteiger partial charge in [-0.1, -0.05) is 41.7 Å². The largest absolute Gasteiger partial charge is 0.469 e. The van der Waals surface area contributed by atoms with E-state index < -0.39 is 0 Å². The molecule has 6 heteroatoms. The van der Waals surface area contributed by atoms with E-state index in [-0.39, 0.29) is 0 Å². The Morgan fingerprint density at radius 3 is 2.73 bits per heavy atom. The zero-order valence-electron chi connectivity index (χ0n) is 12.1. The molecule has 110 valence electrons. The molecule has 0 fully saturated rings. The zero-order valence-corrected chi connectivity index (χ0v) is 12.9. The third-order valence-electron chi connectivity index (χ3n) is 3.60. The normalized spacial score (nSPS) is 11.3. The van der Waals surface area contributed by atoms with Crippen molar-refractivity contribution >= 4 is 16.3 Å². The number of nitrogens with zero attached hydrogens (tertiary/aromatic N) is 4. The molecule has 0 spiro atoms. The number of fused-ring (bicyclic) bond motifs is 1. The Morgan fingerprint density at radius 2 is 1.95 bits per heavy atom. The van der Waals surface area contributed by atoms with Crippen molar-refractivity contribution in [2.24, 2.45) is 0 Å². The Balaban J connectivity index is 1.62. The van der Waals surface area contributed by atoms with Crippen molar-refractivity contribution in [3.8, 4) is 11.4 Å². The van der Waals surface area contributed by atoms with E-state index in [0.29, 0.717) is 0 Å². The highest BCUT2D eigenvalue weighted by atomic mass is 32.1. The topological polar surface area (TPSA) is 56.2 Å². The Kier molecular flexibility index (Phi) is 3.23. The van der Waals surface area contributed by atoms with Crippen LogP contribution in [0.25, 0.3) is 16.3 Å². The summed E-state index contributed by atoms with van der Waals surface area (Å²) in [6.07, 6.45) is 3.54. The molecule has 0 aliphatic rings. The van der Waals surface area contributed by atoms with Crippen LogP contribution in [0, 0.1) is 6.92 Å². The molecule has 3 heterocycles. The molecule has 0 atom stereocenters. The van der Waals surface area contributed by atoms with E-state index in [2.05, 4.69) is 39.6 Å². The van der Waals surface area contributed by atoms with E-state index in [0.717, 1.165) is 40.0 Å². The standard InChI is InChI=1S/C16H14N4OS/c1-11-13(9-10-21-11)15-17-18-16-20(15)19-14(22-16)8-7-12-5-3-2-4-6-12/h2-6,9-10H,7-8H2,1H3. The summed E-state index contributed by atoms with van der Waals surface area (Å²) >= 11 is 1.59. The number of aryl methyl sites for hydroxylation is 3. The summed E-state index contributed by atoms with van der Waals surface area (Å²) in [5.41, 5.74) is 2.26. The lowest BCUT2D eigenvalue weighted by molar-refractivity contribution is 0.535. The van der Waals surface area contributed by atoms with Crippen LogP contribution >= 0.6 is 11.3 Å². The first kappa shape index (κ1) is 13.2. The lowest BCUT2D eigenvalue weighted by atomic mass is 10.1. The molecule has 0 aliphatic carbocycles. The molecule has 0 saturated heterocycles. The van der Waals surface area contributed by atoms with Crippen LogP contribution in [0.2, 0.25) is 0 Å². The first-order chi connectivity index (χ1) is 10.8. The fourth-order valence-corrected chi connectivity index (χ4v) is 3.27. The molecular formula is C16H14N4OS. The average molecular weight is 310 g/mol. The van der Waals surface area contributed by atoms with E-state index in [1.807, 2.05) is 23.6 Å². The van der Waals surface area contributed by atoms with E-state index in [9.17, 15) is 0 Å². The molecule has 0 saturated carbocycles. The summed E-state index contributed by atoms with van der Waals surface area (Å²) in [6.45, 7) is 1.92. The third-order valence-corrected chi connectivity index (χ3v) is 4.56. The quantitative estimate of drug-likeness (QED) is 0.578. The highest BCUT2D eigenvalue weighted by molar-refractivity contribution is 7.16. The summed E-state index contributed by atoms with van der Waals surface area (Å²) in [4.78, 5) is 0.818. The van der Waals surface area contributed by atoms with Crippen LogP contribution in [0.5, 0.6) is 0 Å². The van der Waals surface area contributed by atoms with E-state index in [1.54, 1.807) is 17.6 Å². The highest BCUT2D eigenvalue weighted by Crippen LogP contribution is 2.25. The second-order valence-electron chi connectivity index (χ2n) is 5.09. The van der Waals surface area contributed by atoms with Crippen LogP contribution in [0.15, 0.2) is 47.1 Å². The highest BCUT2D eigenvalue weighted by Gasteiger charge is 2.16. The summed E-state index contributed by atoms with van der Waals surface area (Å²) in [7, 11) is 0. The lowest BCUT2D eigenvalue weighted by Crippen LogP contribution is -1.94. The summed E-state index contributed by atoms with van der Waals surface area (Å²) in [5, 5.41) is 14.2. The first-order valence-corrected chi connectivity index (χ1v) is 7.92. The van der Waals surface area contributed by atoms with Gasteiger partial charge in [0, 0.05) is 6.42 Å². The second-order valence-corrected chi connectivity index (χ2v) is 6.13. The molecule has 0 radical (unpaired) electrons. The molecule has 3 aromatic heterocycles. The SMILES string of the molecule is Cc1occc1-c1nnc2sc(CCc3ccccc3)nn12. The number of hydrogen-bond donors (Lipinski definition) is 0. The van der Waals surface area contributed by atoms with Crippen LogP contribution in [0.1, 0.15) is 16.3 Å². The van der Waals surface area contributed by atoms with Crippen molar-refractivity contribution in [3.05, 3.63) is 59.0 Å². The van der Waals surface area contributed by atoms with Gasteiger partial charge in [-0.15, -0.1) is 10.2 Å². The minimum absolute atomic E-state index is 0.739. The fraction of sp³-hybridized carbons (Fsp3) is 0.188. The molecular weight excluding hydrogens is 296 g/mol. The van der Waals surface area contributed by atoms with Crippen LogP contribution < -0.4 is 0 Å². The Morgan fingerprint density at radius 1 is 1.09 bits per heavy atom. The molecule has 0 unspecified atom stereocenters. The number of rotatable bonds is 4. The van der Waals surface area contributed by atoms with Gasteiger partial charge in [-0.3, -0.25) is 0 Å². The molecule has 0 aliphatic heterocycles. The monoisotopic (exact) mass is 310 g/mol. The predicted octanol–water partition coefficient (Wildman–Crippen LogP) is 3.54. The van der Waals surface area contributed by atoms with Gasteiger partial charge in [0.25, 0.3) is 0 Å². The maximum Gasteiger partial charge on any atom is 0.234 e. The van der Waals surface area contributed by atoms with Crippen LogP contribution in [0.4, 0.5) is 0 Å². The maximum atomic E-state index is 5.34. The average Bonchev–Trinajstić information content (AvgIpc) is 3.22. The molecule has 4 aromatic rings. The van der Waals surface area contributed by atoms with Gasteiger partial charge in [-0.25, -0.2) is 0 Å². The van der Waals surface area contributed by atoms with E-state index in [1.165, 1.54) is 5.56 Å². The molecule has 5 nitrogen and oxygen atoms in total.